The molecule has 0 aliphatic heterocycles. The second-order valence-electron chi connectivity index (χ2n) is 5.09. The van der Waals surface area contributed by atoms with Crippen molar-refractivity contribution in [3.05, 3.63) is 47.7 Å². The molecule has 1 aromatic heterocycles. The van der Waals surface area contributed by atoms with Gasteiger partial charge in [0.1, 0.15) is 0 Å². The van der Waals surface area contributed by atoms with Gasteiger partial charge < -0.3 is 9.88 Å². The molecular formula is C17H20N2O2. The molecule has 4 nitrogen and oxygen atoms in total. The number of rotatable bonds is 5. The third-order valence-corrected chi connectivity index (χ3v) is 3.69. The summed E-state index contributed by atoms with van der Waals surface area (Å²) in [7, 11) is 1.87. The van der Waals surface area contributed by atoms with Crippen molar-refractivity contribution in [2.45, 2.75) is 26.3 Å². The third kappa shape index (κ3) is 3.21. The van der Waals surface area contributed by atoms with Crippen molar-refractivity contribution in [1.29, 1.82) is 0 Å². The van der Waals surface area contributed by atoms with E-state index in [-0.39, 0.29) is 11.9 Å². The molecule has 2 rings (SSSR count). The molecule has 0 aliphatic rings. The zero-order valence-electron chi connectivity index (χ0n) is 12.6. The highest BCUT2D eigenvalue weighted by molar-refractivity contribution is 5.77. The van der Waals surface area contributed by atoms with Crippen molar-refractivity contribution in [3.63, 3.8) is 0 Å². The number of hydrogen-bond donors (Lipinski definition) is 1. The van der Waals surface area contributed by atoms with Crippen LogP contribution >= 0.6 is 0 Å². The number of carbonyl (C=O) groups excluding carboxylic acids is 2. The van der Waals surface area contributed by atoms with Gasteiger partial charge in [-0.1, -0.05) is 31.2 Å². The van der Waals surface area contributed by atoms with Crippen LogP contribution in [0.15, 0.2) is 36.4 Å². The Morgan fingerprint density at radius 2 is 1.90 bits per heavy atom. The summed E-state index contributed by atoms with van der Waals surface area (Å²) in [6.07, 6.45) is 1.33. The van der Waals surface area contributed by atoms with Gasteiger partial charge in [-0.15, -0.1) is 0 Å². The zero-order valence-corrected chi connectivity index (χ0v) is 12.6. The van der Waals surface area contributed by atoms with E-state index >= 15 is 0 Å². The second kappa shape index (κ2) is 6.39. The molecule has 1 aromatic carbocycles. The van der Waals surface area contributed by atoms with Crippen LogP contribution in [-0.4, -0.2) is 16.8 Å². The van der Waals surface area contributed by atoms with E-state index in [9.17, 15) is 9.59 Å². The van der Waals surface area contributed by atoms with E-state index in [0.29, 0.717) is 12.1 Å². The van der Waals surface area contributed by atoms with Gasteiger partial charge in [-0.05, 0) is 30.2 Å². The van der Waals surface area contributed by atoms with Crippen LogP contribution in [0.2, 0.25) is 0 Å². The number of nitrogens with zero attached hydrogens (tertiary/aromatic N) is 1. The summed E-state index contributed by atoms with van der Waals surface area (Å²) in [5.41, 5.74) is 3.75. The fraction of sp³-hybridized carbons (Fsp3) is 0.294. The molecule has 4 heteroatoms. The maximum absolute atomic E-state index is 11.4. The quantitative estimate of drug-likeness (QED) is 0.858. The number of benzene rings is 1. The van der Waals surface area contributed by atoms with Crippen LogP contribution in [0.4, 0.5) is 0 Å². The lowest BCUT2D eigenvalue weighted by Crippen LogP contribution is -2.25. The Balaban J connectivity index is 2.20. The molecular weight excluding hydrogens is 264 g/mol. The van der Waals surface area contributed by atoms with E-state index in [1.807, 2.05) is 55.8 Å². The van der Waals surface area contributed by atoms with Crippen molar-refractivity contribution < 1.29 is 9.59 Å². The first-order valence-corrected chi connectivity index (χ1v) is 7.07. The maximum atomic E-state index is 11.4. The fourth-order valence-electron chi connectivity index (χ4n) is 2.30. The summed E-state index contributed by atoms with van der Waals surface area (Å²) < 4.78 is 1.87. The summed E-state index contributed by atoms with van der Waals surface area (Å²) in [5.74, 6) is 0.0460. The van der Waals surface area contributed by atoms with Gasteiger partial charge in [-0.3, -0.25) is 9.59 Å². The topological polar surface area (TPSA) is 51.1 Å². The van der Waals surface area contributed by atoms with E-state index in [1.54, 1.807) is 6.07 Å². The largest absolute Gasteiger partial charge is 0.350 e. The second-order valence-corrected chi connectivity index (χ2v) is 5.09. The fourth-order valence-corrected chi connectivity index (χ4v) is 2.30. The van der Waals surface area contributed by atoms with Crippen molar-refractivity contribution in [1.82, 2.24) is 9.88 Å². The number of hydrogen-bond acceptors (Lipinski definition) is 2. The summed E-state index contributed by atoms with van der Waals surface area (Å²) in [6.45, 7) is 3.81. The molecule has 0 aliphatic carbocycles. The highest BCUT2D eigenvalue weighted by Gasteiger charge is 2.10. The van der Waals surface area contributed by atoms with Gasteiger partial charge in [0.25, 0.3) is 0 Å². The number of amides is 1. The maximum Gasteiger partial charge on any atom is 0.220 e. The minimum atomic E-state index is -0.00884. The molecule has 110 valence electrons. The van der Waals surface area contributed by atoms with Gasteiger partial charge >= 0.3 is 0 Å². The molecule has 0 saturated carbocycles. The number of nitrogens with one attached hydrogen (secondary N) is 1. The van der Waals surface area contributed by atoms with Crippen LogP contribution in [0.3, 0.4) is 0 Å². The first kappa shape index (κ1) is 15.0. The molecule has 0 radical (unpaired) electrons. The lowest BCUT2D eigenvalue weighted by atomic mass is 10.0. The normalized spacial score (nSPS) is 12.0. The molecule has 0 bridgehead atoms. The van der Waals surface area contributed by atoms with Gasteiger partial charge in [0.15, 0.2) is 6.29 Å². The molecule has 1 unspecified atom stereocenters. The highest BCUT2D eigenvalue weighted by atomic mass is 16.1. The minimum absolute atomic E-state index is 0.00884. The standard InChI is InChI=1S/C17H20N2O2/c1-4-17(21)18-12(2)13-5-7-14(8-6-13)16-10-9-15(11-20)19(16)3/h5-12H,4H2,1-3H3,(H,18,21). The number of aromatic nitrogens is 1. The molecule has 0 spiro atoms. The van der Waals surface area contributed by atoms with E-state index < -0.39 is 0 Å². The number of aldehydes is 1. The van der Waals surface area contributed by atoms with Gasteiger partial charge in [0.05, 0.1) is 11.7 Å². The third-order valence-electron chi connectivity index (χ3n) is 3.69. The monoisotopic (exact) mass is 284 g/mol. The number of carbonyl (C=O) groups is 2. The van der Waals surface area contributed by atoms with Crippen LogP contribution in [0.1, 0.15) is 42.4 Å². The Labute approximate surface area is 124 Å². The van der Waals surface area contributed by atoms with E-state index in [0.717, 1.165) is 23.1 Å². The molecule has 0 saturated heterocycles. The SMILES string of the molecule is CCC(=O)NC(C)c1ccc(-c2ccc(C=O)n2C)cc1. The van der Waals surface area contributed by atoms with Gasteiger partial charge in [0.2, 0.25) is 5.91 Å². The Hall–Kier alpha value is -2.36. The van der Waals surface area contributed by atoms with Crippen LogP contribution in [0.5, 0.6) is 0 Å². The molecule has 1 amide bonds. The van der Waals surface area contributed by atoms with Crippen LogP contribution < -0.4 is 5.32 Å². The van der Waals surface area contributed by atoms with E-state index in [2.05, 4.69) is 5.32 Å². The van der Waals surface area contributed by atoms with E-state index in [1.165, 1.54) is 0 Å². The highest BCUT2D eigenvalue weighted by Crippen LogP contribution is 2.23. The average molecular weight is 284 g/mol. The molecule has 1 N–H and O–H groups in total. The molecule has 2 aromatic rings. The van der Waals surface area contributed by atoms with Crippen molar-refractivity contribution in [2.24, 2.45) is 7.05 Å². The first-order valence-electron chi connectivity index (χ1n) is 7.07. The van der Waals surface area contributed by atoms with Crippen molar-refractivity contribution >= 4 is 12.2 Å². The van der Waals surface area contributed by atoms with Gasteiger partial charge in [0, 0.05) is 19.2 Å². The Bertz CT molecular complexity index is 641. The van der Waals surface area contributed by atoms with Crippen LogP contribution in [0.25, 0.3) is 11.3 Å². The molecule has 1 heterocycles. The molecule has 1 atom stereocenters. The predicted octanol–water partition coefficient (Wildman–Crippen LogP) is 3.09. The van der Waals surface area contributed by atoms with Crippen LogP contribution in [-0.2, 0) is 11.8 Å². The summed E-state index contributed by atoms with van der Waals surface area (Å²) in [5, 5.41) is 2.94. The molecule has 0 fully saturated rings. The lowest BCUT2D eigenvalue weighted by Gasteiger charge is -2.14. The summed E-state index contributed by atoms with van der Waals surface area (Å²) in [6, 6.07) is 11.8. The average Bonchev–Trinajstić information content (AvgIpc) is 2.88. The Kier molecular flexibility index (Phi) is 4.58. The minimum Gasteiger partial charge on any atom is -0.350 e. The molecule has 21 heavy (non-hydrogen) atoms. The van der Waals surface area contributed by atoms with Crippen molar-refractivity contribution in [3.8, 4) is 11.3 Å². The predicted molar refractivity (Wildman–Crippen MR) is 83.1 cm³/mol. The lowest BCUT2D eigenvalue weighted by molar-refractivity contribution is -0.121. The van der Waals surface area contributed by atoms with Crippen LogP contribution in [0, 0.1) is 0 Å². The zero-order chi connectivity index (χ0) is 15.4. The smallest absolute Gasteiger partial charge is 0.220 e. The summed E-state index contributed by atoms with van der Waals surface area (Å²) in [4.78, 5) is 22.3. The van der Waals surface area contributed by atoms with Gasteiger partial charge in [-0.25, -0.2) is 0 Å². The van der Waals surface area contributed by atoms with Gasteiger partial charge in [-0.2, -0.15) is 0 Å². The van der Waals surface area contributed by atoms with Crippen molar-refractivity contribution in [2.75, 3.05) is 0 Å². The Morgan fingerprint density at radius 1 is 1.24 bits per heavy atom. The summed E-state index contributed by atoms with van der Waals surface area (Å²) >= 11 is 0. The first-order chi connectivity index (χ1) is 10.1. The van der Waals surface area contributed by atoms with E-state index in [4.69, 9.17) is 0 Å². The Morgan fingerprint density at radius 3 is 2.43 bits per heavy atom.